The predicted molar refractivity (Wildman–Crippen MR) is 54.9 cm³/mol. The van der Waals surface area contributed by atoms with Crippen molar-refractivity contribution < 1.29 is 0 Å². The van der Waals surface area contributed by atoms with Gasteiger partial charge in [0.15, 0.2) is 0 Å². The van der Waals surface area contributed by atoms with Crippen LogP contribution in [0.4, 0.5) is 0 Å². The minimum Gasteiger partial charge on any atom is -0.311 e. The van der Waals surface area contributed by atoms with E-state index in [0.717, 1.165) is 18.8 Å². The van der Waals surface area contributed by atoms with Crippen molar-refractivity contribution in [2.75, 3.05) is 6.54 Å². The molecule has 4 heteroatoms. The zero-order valence-corrected chi connectivity index (χ0v) is 8.74. The molecule has 0 radical (unpaired) electrons. The molecule has 1 aliphatic carbocycles. The van der Waals surface area contributed by atoms with Crippen LogP contribution in [-0.4, -0.2) is 21.5 Å². The van der Waals surface area contributed by atoms with E-state index in [1.807, 2.05) is 4.68 Å². The average molecular weight is 194 g/mol. The summed E-state index contributed by atoms with van der Waals surface area (Å²) >= 11 is 0. The summed E-state index contributed by atoms with van der Waals surface area (Å²) in [5.41, 5.74) is 1.05. The molecule has 0 aromatic carbocycles. The quantitative estimate of drug-likeness (QED) is 0.790. The van der Waals surface area contributed by atoms with E-state index in [-0.39, 0.29) is 0 Å². The lowest BCUT2D eigenvalue weighted by Gasteiger charge is -2.06. The van der Waals surface area contributed by atoms with Gasteiger partial charge in [-0.2, -0.15) is 0 Å². The summed E-state index contributed by atoms with van der Waals surface area (Å²) in [5.74, 6) is 0. The fourth-order valence-corrected chi connectivity index (χ4v) is 1.99. The van der Waals surface area contributed by atoms with Gasteiger partial charge in [0.05, 0.1) is 17.9 Å². The molecule has 0 spiro atoms. The maximum absolute atomic E-state index is 4.18. The highest BCUT2D eigenvalue weighted by molar-refractivity contribution is 4.93. The minimum absolute atomic E-state index is 0.609. The van der Waals surface area contributed by atoms with E-state index in [1.54, 1.807) is 0 Å². The summed E-state index contributed by atoms with van der Waals surface area (Å²) in [6.45, 7) is 3.92. The van der Waals surface area contributed by atoms with E-state index in [9.17, 15) is 0 Å². The second-order valence-electron chi connectivity index (χ2n) is 3.91. The second kappa shape index (κ2) is 4.55. The van der Waals surface area contributed by atoms with Gasteiger partial charge in [-0.1, -0.05) is 25.0 Å². The van der Waals surface area contributed by atoms with Gasteiger partial charge in [0.1, 0.15) is 0 Å². The molecule has 1 N–H and O–H groups in total. The molecular formula is C10H18N4. The van der Waals surface area contributed by atoms with Crippen LogP contribution in [0.25, 0.3) is 0 Å². The van der Waals surface area contributed by atoms with Crippen molar-refractivity contribution in [3.63, 3.8) is 0 Å². The van der Waals surface area contributed by atoms with E-state index in [1.165, 1.54) is 25.7 Å². The van der Waals surface area contributed by atoms with Crippen molar-refractivity contribution in [2.24, 2.45) is 0 Å². The first-order chi connectivity index (χ1) is 6.90. The molecule has 0 atom stereocenters. The Morgan fingerprint density at radius 2 is 2.29 bits per heavy atom. The number of nitrogens with one attached hydrogen (secondary N) is 1. The molecule has 2 rings (SSSR count). The van der Waals surface area contributed by atoms with E-state index in [2.05, 4.69) is 28.7 Å². The predicted octanol–water partition coefficient (Wildman–Crippen LogP) is 1.50. The zero-order chi connectivity index (χ0) is 9.80. The minimum atomic E-state index is 0.609. The third kappa shape index (κ3) is 2.12. The van der Waals surface area contributed by atoms with Gasteiger partial charge in [-0.3, -0.25) is 0 Å². The highest BCUT2D eigenvalue weighted by Crippen LogP contribution is 2.28. The summed E-state index contributed by atoms with van der Waals surface area (Å²) < 4.78 is 2.04. The summed E-state index contributed by atoms with van der Waals surface area (Å²) in [7, 11) is 0. The van der Waals surface area contributed by atoms with E-state index >= 15 is 0 Å². The Morgan fingerprint density at radius 3 is 3.00 bits per heavy atom. The largest absolute Gasteiger partial charge is 0.311 e. The van der Waals surface area contributed by atoms with Crippen LogP contribution < -0.4 is 5.32 Å². The molecule has 0 amide bonds. The summed E-state index contributed by atoms with van der Waals surface area (Å²) in [6, 6.07) is 0.609. The van der Waals surface area contributed by atoms with Crippen molar-refractivity contribution in [2.45, 2.75) is 45.2 Å². The number of nitrogens with zero attached hydrogens (tertiary/aromatic N) is 3. The van der Waals surface area contributed by atoms with Crippen LogP contribution in [0, 0.1) is 0 Å². The van der Waals surface area contributed by atoms with E-state index in [0.29, 0.717) is 6.04 Å². The summed E-state index contributed by atoms with van der Waals surface area (Å²) in [5, 5.41) is 11.6. The Kier molecular flexibility index (Phi) is 3.14. The highest BCUT2D eigenvalue weighted by atomic mass is 15.4. The fraction of sp³-hybridized carbons (Fsp3) is 0.800. The number of aromatic nitrogens is 3. The van der Waals surface area contributed by atoms with E-state index in [4.69, 9.17) is 0 Å². The number of hydrogen-bond acceptors (Lipinski definition) is 3. The van der Waals surface area contributed by atoms with Crippen molar-refractivity contribution in [1.29, 1.82) is 0 Å². The first-order valence-electron chi connectivity index (χ1n) is 5.51. The van der Waals surface area contributed by atoms with Crippen LogP contribution in [0.2, 0.25) is 0 Å². The molecule has 1 heterocycles. The maximum Gasteiger partial charge on any atom is 0.0964 e. The van der Waals surface area contributed by atoms with Crippen molar-refractivity contribution >= 4 is 0 Å². The lowest BCUT2D eigenvalue weighted by Crippen LogP contribution is -2.11. The molecule has 0 aliphatic heterocycles. The third-order valence-electron chi connectivity index (χ3n) is 2.81. The van der Waals surface area contributed by atoms with Crippen molar-refractivity contribution in [1.82, 2.24) is 20.3 Å². The number of hydrogen-bond donors (Lipinski definition) is 1. The second-order valence-corrected chi connectivity index (χ2v) is 3.91. The van der Waals surface area contributed by atoms with Gasteiger partial charge < -0.3 is 5.32 Å². The smallest absolute Gasteiger partial charge is 0.0964 e. The van der Waals surface area contributed by atoms with Gasteiger partial charge >= 0.3 is 0 Å². The van der Waals surface area contributed by atoms with Crippen LogP contribution in [0.1, 0.15) is 44.3 Å². The Hall–Kier alpha value is -0.900. The first kappa shape index (κ1) is 9.65. The molecule has 1 aromatic heterocycles. The van der Waals surface area contributed by atoms with Crippen LogP contribution in [0.5, 0.6) is 0 Å². The molecule has 4 nitrogen and oxygen atoms in total. The lowest BCUT2D eigenvalue weighted by atomic mass is 10.2. The first-order valence-corrected chi connectivity index (χ1v) is 5.51. The molecule has 14 heavy (non-hydrogen) atoms. The highest BCUT2D eigenvalue weighted by Gasteiger charge is 2.17. The standard InChI is InChI=1S/C10H18N4/c1-2-11-7-9-8-14(13-12-9)10-5-3-4-6-10/h8,10-11H,2-7H2,1H3. The molecule has 1 saturated carbocycles. The normalized spacial score (nSPS) is 17.8. The van der Waals surface area contributed by atoms with Gasteiger partial charge in [-0.25, -0.2) is 4.68 Å². The van der Waals surface area contributed by atoms with Crippen molar-refractivity contribution in [3.05, 3.63) is 11.9 Å². The number of rotatable bonds is 4. The monoisotopic (exact) mass is 194 g/mol. The zero-order valence-electron chi connectivity index (χ0n) is 8.74. The van der Waals surface area contributed by atoms with Gasteiger partial charge in [-0.15, -0.1) is 5.10 Å². The maximum atomic E-state index is 4.18. The van der Waals surface area contributed by atoms with Crippen LogP contribution in [-0.2, 0) is 6.54 Å². The molecule has 1 aliphatic rings. The molecule has 1 fully saturated rings. The summed E-state index contributed by atoms with van der Waals surface area (Å²) in [6.07, 6.45) is 7.30. The molecule has 0 unspecified atom stereocenters. The topological polar surface area (TPSA) is 42.7 Å². The SMILES string of the molecule is CCNCc1cn(C2CCCC2)nn1. The van der Waals surface area contributed by atoms with Gasteiger partial charge in [0.2, 0.25) is 0 Å². The Bertz CT molecular complexity index is 275. The Morgan fingerprint density at radius 1 is 1.50 bits per heavy atom. The lowest BCUT2D eigenvalue weighted by molar-refractivity contribution is 0.454. The van der Waals surface area contributed by atoms with Crippen LogP contribution >= 0.6 is 0 Å². The molecule has 78 valence electrons. The molecule has 0 saturated heterocycles. The molecule has 0 bridgehead atoms. The van der Waals surface area contributed by atoms with Crippen LogP contribution in [0.15, 0.2) is 6.20 Å². The van der Waals surface area contributed by atoms with Gasteiger partial charge in [0.25, 0.3) is 0 Å². The van der Waals surface area contributed by atoms with E-state index < -0.39 is 0 Å². The van der Waals surface area contributed by atoms with Crippen molar-refractivity contribution in [3.8, 4) is 0 Å². The summed E-state index contributed by atoms with van der Waals surface area (Å²) in [4.78, 5) is 0. The molecule has 1 aromatic rings. The van der Waals surface area contributed by atoms with Crippen LogP contribution in [0.3, 0.4) is 0 Å². The molecular weight excluding hydrogens is 176 g/mol. The Balaban J connectivity index is 1.94. The fourth-order valence-electron chi connectivity index (χ4n) is 1.99. The van der Waals surface area contributed by atoms with Gasteiger partial charge in [-0.05, 0) is 19.4 Å². The average Bonchev–Trinajstić information content (AvgIpc) is 2.85. The Labute approximate surface area is 84.7 Å². The van der Waals surface area contributed by atoms with Gasteiger partial charge in [0, 0.05) is 6.54 Å². The third-order valence-corrected chi connectivity index (χ3v) is 2.81.